The average Bonchev–Trinajstić information content (AvgIpc) is 3.38. The number of fused-ring (bicyclic) bond motifs is 3. The Morgan fingerprint density at radius 1 is 1.26 bits per heavy atom. The monoisotopic (exact) mass is 470 g/mol. The van der Waals surface area contributed by atoms with Crippen molar-refractivity contribution < 1.29 is 37.8 Å². The van der Waals surface area contributed by atoms with Crippen molar-refractivity contribution in [2.45, 2.75) is 71.0 Å². The quantitative estimate of drug-likeness (QED) is 0.601. The predicted molar refractivity (Wildman–Crippen MR) is 118 cm³/mol. The molecule has 0 radical (unpaired) electrons. The summed E-state index contributed by atoms with van der Waals surface area (Å²) in [6, 6.07) is 0. The molecule has 6 unspecified atom stereocenters. The number of carbonyl (C=O) groups excluding carboxylic acids is 4. The van der Waals surface area contributed by atoms with E-state index in [9.17, 15) is 19.2 Å². The molecule has 2 heterocycles. The summed E-state index contributed by atoms with van der Waals surface area (Å²) in [5.41, 5.74) is -0.0643. The van der Waals surface area contributed by atoms with E-state index in [0.29, 0.717) is 36.0 Å². The minimum atomic E-state index is -1.00. The third kappa shape index (κ3) is 2.81. The molecule has 34 heavy (non-hydrogen) atoms. The van der Waals surface area contributed by atoms with Gasteiger partial charge in [0.1, 0.15) is 29.8 Å². The highest BCUT2D eigenvalue weighted by molar-refractivity contribution is 6.14. The zero-order valence-electron chi connectivity index (χ0n) is 20.2. The van der Waals surface area contributed by atoms with Crippen molar-refractivity contribution in [3.8, 4) is 0 Å². The minimum absolute atomic E-state index is 0.0704. The van der Waals surface area contributed by atoms with Crippen LogP contribution in [0.1, 0.15) is 79.9 Å². The number of rotatable bonds is 5. The van der Waals surface area contributed by atoms with Gasteiger partial charge in [0.25, 0.3) is 0 Å². The van der Waals surface area contributed by atoms with Gasteiger partial charge in [0.15, 0.2) is 5.76 Å². The Kier molecular flexibility index (Phi) is 5.17. The molecule has 5 rings (SSSR count). The first kappa shape index (κ1) is 23.0. The van der Waals surface area contributed by atoms with E-state index in [2.05, 4.69) is 0 Å². The van der Waals surface area contributed by atoms with Gasteiger partial charge in [-0.1, -0.05) is 20.8 Å². The smallest absolute Gasteiger partial charge is 0.342 e. The van der Waals surface area contributed by atoms with Gasteiger partial charge in [0.05, 0.1) is 17.9 Å². The highest BCUT2D eigenvalue weighted by Gasteiger charge is 2.64. The van der Waals surface area contributed by atoms with Crippen LogP contribution in [0.25, 0.3) is 0 Å². The normalized spacial score (nSPS) is 34.9. The number of cyclic esters (lactones) is 1. The fourth-order valence-corrected chi connectivity index (χ4v) is 6.50. The largest absolute Gasteiger partial charge is 0.460 e. The number of carbonyl (C=O) groups is 4. The summed E-state index contributed by atoms with van der Waals surface area (Å²) in [5.74, 6) is -1.77. The number of Topliss-reactive ketones (excluding diaryl/α,β-unsaturated/α-hetero) is 2. The van der Waals surface area contributed by atoms with Crippen molar-refractivity contribution in [2.24, 2.45) is 17.3 Å². The lowest BCUT2D eigenvalue weighted by atomic mass is 9.54. The van der Waals surface area contributed by atoms with Crippen LogP contribution in [-0.2, 0) is 29.2 Å². The second-order valence-electron chi connectivity index (χ2n) is 10.4. The standard InChI is InChI=1S/C26H30O8/c1-6-12(2)23(29)33-15-9-25(3)14(7-8-16(25)27)18-20(15)26(4)17(11-31-5)34-24(30)13-10-32-22(19(13)26)21(18)28/h10,12,14-15,17H,6-9,11H2,1-5H3. The third-order valence-electron chi connectivity index (χ3n) is 8.66. The van der Waals surface area contributed by atoms with Crippen LogP contribution in [0.2, 0.25) is 0 Å². The van der Waals surface area contributed by atoms with Crippen LogP contribution in [0.5, 0.6) is 0 Å². The van der Waals surface area contributed by atoms with E-state index in [0.717, 1.165) is 0 Å². The fraction of sp³-hybridized carbons (Fsp3) is 0.615. The summed E-state index contributed by atoms with van der Waals surface area (Å²) < 4.78 is 23.0. The van der Waals surface area contributed by atoms with Gasteiger partial charge in [-0.2, -0.15) is 0 Å². The number of methoxy groups -OCH3 is 1. The Hall–Kier alpha value is -2.74. The second-order valence-corrected chi connectivity index (χ2v) is 10.4. The average molecular weight is 471 g/mol. The van der Waals surface area contributed by atoms with Gasteiger partial charge in [-0.25, -0.2) is 4.79 Å². The van der Waals surface area contributed by atoms with Gasteiger partial charge in [0.2, 0.25) is 5.78 Å². The van der Waals surface area contributed by atoms with E-state index in [1.54, 1.807) is 6.92 Å². The number of hydrogen-bond acceptors (Lipinski definition) is 8. The molecule has 1 saturated carbocycles. The number of allylic oxidation sites excluding steroid dienone is 1. The summed E-state index contributed by atoms with van der Waals surface area (Å²) in [6.07, 6.45) is 1.51. The molecule has 3 aliphatic carbocycles. The highest BCUT2D eigenvalue weighted by Crippen LogP contribution is 2.61. The molecule has 1 fully saturated rings. The summed E-state index contributed by atoms with van der Waals surface area (Å²) >= 11 is 0. The predicted octanol–water partition coefficient (Wildman–Crippen LogP) is 3.56. The van der Waals surface area contributed by atoms with E-state index < -0.39 is 29.0 Å². The van der Waals surface area contributed by atoms with Crippen LogP contribution in [0.4, 0.5) is 0 Å². The van der Waals surface area contributed by atoms with Gasteiger partial charge >= 0.3 is 11.9 Å². The molecule has 0 spiro atoms. The summed E-state index contributed by atoms with van der Waals surface area (Å²) in [4.78, 5) is 52.7. The Morgan fingerprint density at radius 2 is 2.00 bits per heavy atom. The van der Waals surface area contributed by atoms with Gasteiger partial charge in [-0.05, 0) is 25.3 Å². The molecule has 0 bridgehead atoms. The molecule has 182 valence electrons. The Morgan fingerprint density at radius 3 is 2.68 bits per heavy atom. The minimum Gasteiger partial charge on any atom is -0.460 e. The molecule has 0 amide bonds. The van der Waals surface area contributed by atoms with Crippen molar-refractivity contribution in [3.63, 3.8) is 0 Å². The van der Waals surface area contributed by atoms with Crippen LogP contribution >= 0.6 is 0 Å². The van der Waals surface area contributed by atoms with E-state index in [-0.39, 0.29) is 53.7 Å². The number of ether oxygens (including phenoxy) is 3. The molecule has 0 saturated heterocycles. The van der Waals surface area contributed by atoms with Crippen LogP contribution in [0.3, 0.4) is 0 Å². The van der Waals surface area contributed by atoms with Gasteiger partial charge < -0.3 is 18.6 Å². The first-order valence-electron chi connectivity index (χ1n) is 11.9. The molecule has 1 aliphatic heterocycles. The molecule has 1 aromatic rings. The fourth-order valence-electron chi connectivity index (χ4n) is 6.50. The Labute approximate surface area is 198 Å². The Bertz CT molecular complexity index is 1140. The number of esters is 2. The number of ketones is 2. The second kappa shape index (κ2) is 7.63. The van der Waals surface area contributed by atoms with E-state index in [1.165, 1.54) is 13.4 Å². The summed E-state index contributed by atoms with van der Waals surface area (Å²) in [5, 5.41) is 0. The lowest BCUT2D eigenvalue weighted by molar-refractivity contribution is -0.156. The van der Waals surface area contributed by atoms with E-state index in [4.69, 9.17) is 18.6 Å². The zero-order valence-corrected chi connectivity index (χ0v) is 20.2. The van der Waals surface area contributed by atoms with E-state index in [1.807, 2.05) is 20.8 Å². The van der Waals surface area contributed by atoms with Crippen molar-refractivity contribution in [1.29, 1.82) is 0 Å². The van der Waals surface area contributed by atoms with Gasteiger partial charge in [0, 0.05) is 42.4 Å². The van der Waals surface area contributed by atoms with Crippen molar-refractivity contribution in [1.82, 2.24) is 0 Å². The van der Waals surface area contributed by atoms with Gasteiger partial charge in [-0.15, -0.1) is 0 Å². The van der Waals surface area contributed by atoms with E-state index >= 15 is 0 Å². The molecular weight excluding hydrogens is 440 g/mol. The first-order chi connectivity index (χ1) is 16.1. The molecule has 0 aromatic carbocycles. The molecular formula is C26H30O8. The van der Waals surface area contributed by atoms with Crippen molar-refractivity contribution in [3.05, 3.63) is 34.3 Å². The maximum absolute atomic E-state index is 13.9. The third-order valence-corrected chi connectivity index (χ3v) is 8.66. The van der Waals surface area contributed by atoms with Crippen LogP contribution in [-0.4, -0.2) is 49.4 Å². The van der Waals surface area contributed by atoms with Crippen LogP contribution in [0.15, 0.2) is 21.8 Å². The number of furan rings is 1. The van der Waals surface area contributed by atoms with Crippen LogP contribution in [0, 0.1) is 17.3 Å². The Balaban J connectivity index is 1.77. The lowest BCUT2D eigenvalue weighted by Gasteiger charge is -2.51. The molecule has 8 nitrogen and oxygen atoms in total. The molecule has 0 N–H and O–H groups in total. The van der Waals surface area contributed by atoms with Crippen molar-refractivity contribution >= 4 is 23.5 Å². The molecule has 4 aliphatic rings. The zero-order chi connectivity index (χ0) is 24.6. The lowest BCUT2D eigenvalue weighted by Crippen LogP contribution is -2.57. The van der Waals surface area contributed by atoms with Crippen molar-refractivity contribution in [2.75, 3.05) is 13.7 Å². The maximum atomic E-state index is 13.9. The molecule has 8 heteroatoms. The molecule has 1 aromatic heterocycles. The summed E-state index contributed by atoms with van der Waals surface area (Å²) in [7, 11) is 1.51. The number of hydrogen-bond donors (Lipinski definition) is 0. The first-order valence-corrected chi connectivity index (χ1v) is 11.9. The highest BCUT2D eigenvalue weighted by atomic mass is 16.6. The topological polar surface area (TPSA) is 109 Å². The summed E-state index contributed by atoms with van der Waals surface area (Å²) in [6.45, 7) is 7.55. The van der Waals surface area contributed by atoms with Gasteiger partial charge in [-0.3, -0.25) is 14.4 Å². The van der Waals surface area contributed by atoms with Crippen LogP contribution < -0.4 is 0 Å². The SMILES string of the molecule is CCC(C)C(=O)OC1CC2(C)C(=O)CCC2C2=C1C1(C)c3c(coc3C2=O)C(=O)OC1COC. The maximum Gasteiger partial charge on any atom is 0.342 e. The molecule has 6 atom stereocenters.